The molecule has 0 radical (unpaired) electrons. The lowest BCUT2D eigenvalue weighted by Gasteiger charge is -2.33. The molecule has 1 aliphatic rings. The Hall–Kier alpha value is -1.30. The van der Waals surface area contributed by atoms with Crippen molar-refractivity contribution in [2.24, 2.45) is 5.41 Å². The maximum Gasteiger partial charge on any atom is 0.315 e. The van der Waals surface area contributed by atoms with E-state index in [-0.39, 0.29) is 18.6 Å². The van der Waals surface area contributed by atoms with E-state index in [1.54, 1.807) is 0 Å². The number of carbonyl (C=O) groups excluding carboxylic acids is 1. The number of carboxylic acids is 1. The van der Waals surface area contributed by atoms with Crippen LogP contribution in [0, 0.1) is 5.41 Å². The van der Waals surface area contributed by atoms with Crippen molar-refractivity contribution in [3.63, 3.8) is 0 Å². The highest BCUT2D eigenvalue weighted by molar-refractivity contribution is 5.78. The molecule has 1 aliphatic carbocycles. The van der Waals surface area contributed by atoms with Gasteiger partial charge in [0.2, 0.25) is 0 Å². The van der Waals surface area contributed by atoms with E-state index in [9.17, 15) is 14.7 Å². The molecule has 1 saturated carbocycles. The fraction of sp³-hybridized carbons (Fsp3) is 0.857. The summed E-state index contributed by atoms with van der Waals surface area (Å²) in [5, 5.41) is 14.8. The number of carboxylic acid groups (broad SMARTS) is 1. The Morgan fingerprint density at radius 3 is 2.50 bits per heavy atom. The lowest BCUT2D eigenvalue weighted by molar-refractivity contribution is -0.150. The number of rotatable bonds is 7. The molecule has 0 aliphatic heterocycles. The summed E-state index contributed by atoms with van der Waals surface area (Å²) in [6, 6.07) is -0.425. The molecule has 0 heterocycles. The van der Waals surface area contributed by atoms with Crippen LogP contribution in [0.25, 0.3) is 0 Å². The van der Waals surface area contributed by atoms with Gasteiger partial charge in [0.1, 0.15) is 0 Å². The van der Waals surface area contributed by atoms with Crippen LogP contribution in [0.4, 0.5) is 4.79 Å². The van der Waals surface area contributed by atoms with E-state index in [0.717, 1.165) is 19.3 Å². The number of ether oxygens (including phenoxy) is 1. The molecule has 1 fully saturated rings. The zero-order valence-corrected chi connectivity index (χ0v) is 12.4. The highest BCUT2D eigenvalue weighted by atomic mass is 16.5. The summed E-state index contributed by atoms with van der Waals surface area (Å²) < 4.78 is 5.21. The molecule has 1 unspecified atom stereocenters. The van der Waals surface area contributed by atoms with Crippen molar-refractivity contribution < 1.29 is 19.4 Å². The third-order valence-corrected chi connectivity index (χ3v) is 3.80. The number of carbonyl (C=O) groups is 2. The fourth-order valence-electron chi connectivity index (χ4n) is 2.56. The van der Waals surface area contributed by atoms with Crippen molar-refractivity contribution in [1.82, 2.24) is 10.6 Å². The van der Waals surface area contributed by atoms with E-state index in [1.165, 1.54) is 0 Å². The molecule has 0 spiro atoms. The average molecular weight is 286 g/mol. The summed E-state index contributed by atoms with van der Waals surface area (Å²) in [5.41, 5.74) is -0.793. The Kier molecular flexibility index (Phi) is 6.78. The Morgan fingerprint density at radius 1 is 1.30 bits per heavy atom. The number of aliphatic carboxylic acids is 1. The minimum absolute atomic E-state index is 0.0953. The van der Waals surface area contributed by atoms with Crippen molar-refractivity contribution in [2.45, 2.75) is 52.0 Å². The number of hydrogen-bond acceptors (Lipinski definition) is 3. The molecule has 2 amide bonds. The van der Waals surface area contributed by atoms with Gasteiger partial charge in [-0.15, -0.1) is 0 Å². The summed E-state index contributed by atoms with van der Waals surface area (Å²) >= 11 is 0. The summed E-state index contributed by atoms with van der Waals surface area (Å²) in [5.74, 6) is -0.806. The second kappa shape index (κ2) is 8.09. The molecule has 6 heteroatoms. The number of nitrogens with one attached hydrogen (secondary N) is 2. The third kappa shape index (κ3) is 5.00. The molecule has 1 rings (SSSR count). The van der Waals surface area contributed by atoms with Gasteiger partial charge >= 0.3 is 12.0 Å². The van der Waals surface area contributed by atoms with Gasteiger partial charge in [-0.1, -0.05) is 19.3 Å². The Bertz CT molecular complexity index is 327. The lowest BCUT2D eigenvalue weighted by atomic mass is 9.74. The van der Waals surface area contributed by atoms with Crippen LogP contribution in [0.1, 0.15) is 46.0 Å². The van der Waals surface area contributed by atoms with Crippen molar-refractivity contribution >= 4 is 12.0 Å². The van der Waals surface area contributed by atoms with E-state index < -0.39 is 11.4 Å². The van der Waals surface area contributed by atoms with Gasteiger partial charge in [0.25, 0.3) is 0 Å². The zero-order valence-electron chi connectivity index (χ0n) is 12.4. The first kappa shape index (κ1) is 16.8. The van der Waals surface area contributed by atoms with Gasteiger partial charge in [0.15, 0.2) is 0 Å². The van der Waals surface area contributed by atoms with Gasteiger partial charge in [-0.2, -0.15) is 0 Å². The smallest absolute Gasteiger partial charge is 0.315 e. The third-order valence-electron chi connectivity index (χ3n) is 3.80. The Balaban J connectivity index is 2.39. The van der Waals surface area contributed by atoms with E-state index in [1.807, 2.05) is 13.8 Å². The van der Waals surface area contributed by atoms with E-state index in [0.29, 0.717) is 26.1 Å². The van der Waals surface area contributed by atoms with Crippen LogP contribution in [0.3, 0.4) is 0 Å². The van der Waals surface area contributed by atoms with Gasteiger partial charge < -0.3 is 20.5 Å². The Morgan fingerprint density at radius 2 is 1.95 bits per heavy atom. The molecule has 1 atom stereocenters. The van der Waals surface area contributed by atoms with Crippen LogP contribution in [0.15, 0.2) is 0 Å². The largest absolute Gasteiger partial charge is 0.481 e. The van der Waals surface area contributed by atoms with Crippen molar-refractivity contribution in [3.05, 3.63) is 0 Å². The first-order valence-electron chi connectivity index (χ1n) is 7.35. The van der Waals surface area contributed by atoms with Crippen molar-refractivity contribution in [1.29, 1.82) is 0 Å². The molecule has 0 aromatic rings. The standard InChI is InChI=1S/C14H26N2O4/c1-3-20-9-11(2)16-13(19)15-10-14(12(17)18)7-5-4-6-8-14/h11H,3-10H2,1-2H3,(H,17,18)(H2,15,16,19). The minimum Gasteiger partial charge on any atom is -0.481 e. The summed E-state index contributed by atoms with van der Waals surface area (Å²) in [4.78, 5) is 23.2. The molecule has 0 saturated heterocycles. The van der Waals surface area contributed by atoms with Crippen LogP contribution in [-0.4, -0.2) is 42.9 Å². The number of urea groups is 1. The predicted octanol–water partition coefficient (Wildman–Crippen LogP) is 1.75. The molecule has 0 bridgehead atoms. The summed E-state index contributed by atoms with van der Waals surface area (Å²) in [7, 11) is 0. The predicted molar refractivity (Wildman–Crippen MR) is 75.6 cm³/mol. The molecule has 3 N–H and O–H groups in total. The van der Waals surface area contributed by atoms with Gasteiger partial charge in [-0.3, -0.25) is 4.79 Å². The number of amides is 2. The maximum absolute atomic E-state index is 11.8. The second-order valence-electron chi connectivity index (χ2n) is 5.53. The van der Waals surface area contributed by atoms with Crippen LogP contribution in [-0.2, 0) is 9.53 Å². The molecule has 116 valence electrons. The monoisotopic (exact) mass is 286 g/mol. The first-order chi connectivity index (χ1) is 9.50. The highest BCUT2D eigenvalue weighted by Crippen LogP contribution is 2.35. The maximum atomic E-state index is 11.8. The zero-order chi connectivity index (χ0) is 15.0. The molecule has 0 aromatic heterocycles. The molecule has 6 nitrogen and oxygen atoms in total. The van der Waals surface area contributed by atoms with Gasteiger partial charge in [0.05, 0.1) is 18.1 Å². The van der Waals surface area contributed by atoms with Crippen molar-refractivity contribution in [3.8, 4) is 0 Å². The average Bonchev–Trinajstić information content (AvgIpc) is 2.43. The molecular weight excluding hydrogens is 260 g/mol. The van der Waals surface area contributed by atoms with Crippen LogP contribution in [0.2, 0.25) is 0 Å². The quantitative estimate of drug-likeness (QED) is 0.665. The van der Waals surface area contributed by atoms with Gasteiger partial charge in [0, 0.05) is 13.2 Å². The van der Waals surface area contributed by atoms with E-state index >= 15 is 0 Å². The van der Waals surface area contributed by atoms with Crippen molar-refractivity contribution in [2.75, 3.05) is 19.8 Å². The fourth-order valence-corrected chi connectivity index (χ4v) is 2.56. The first-order valence-corrected chi connectivity index (χ1v) is 7.35. The van der Waals surface area contributed by atoms with Gasteiger partial charge in [-0.25, -0.2) is 4.79 Å². The summed E-state index contributed by atoms with van der Waals surface area (Å²) in [6.45, 7) is 4.99. The number of hydrogen-bond donors (Lipinski definition) is 3. The van der Waals surface area contributed by atoms with Crippen LogP contribution < -0.4 is 10.6 Å². The SMILES string of the molecule is CCOCC(C)NC(=O)NCC1(C(=O)O)CCCCC1. The minimum atomic E-state index is -0.806. The van der Waals surface area contributed by atoms with Gasteiger partial charge in [-0.05, 0) is 26.7 Å². The van der Waals surface area contributed by atoms with E-state index in [2.05, 4.69) is 10.6 Å². The normalized spacial score (nSPS) is 19.1. The molecule has 0 aromatic carbocycles. The second-order valence-corrected chi connectivity index (χ2v) is 5.53. The lowest BCUT2D eigenvalue weighted by Crippen LogP contribution is -2.49. The van der Waals surface area contributed by atoms with E-state index in [4.69, 9.17) is 4.74 Å². The molecule has 20 heavy (non-hydrogen) atoms. The molecular formula is C14H26N2O4. The van der Waals surface area contributed by atoms with Crippen LogP contribution in [0.5, 0.6) is 0 Å². The summed E-state index contributed by atoms with van der Waals surface area (Å²) in [6.07, 6.45) is 4.17. The Labute approximate surface area is 120 Å². The topological polar surface area (TPSA) is 87.7 Å². The highest BCUT2D eigenvalue weighted by Gasteiger charge is 2.39. The van der Waals surface area contributed by atoms with Crippen LogP contribution >= 0.6 is 0 Å².